The first-order valence-corrected chi connectivity index (χ1v) is 11.2. The van der Waals surface area contributed by atoms with E-state index in [1.807, 2.05) is 25.1 Å². The number of benzene rings is 2. The van der Waals surface area contributed by atoms with Gasteiger partial charge in [0.1, 0.15) is 12.4 Å². The van der Waals surface area contributed by atoms with Crippen molar-refractivity contribution in [2.75, 3.05) is 26.2 Å². The van der Waals surface area contributed by atoms with Crippen molar-refractivity contribution in [3.63, 3.8) is 0 Å². The number of Topliss-reactive ketones (excluding diaryl/α,β-unsaturated/α-hetero) is 1. The van der Waals surface area contributed by atoms with E-state index in [-0.39, 0.29) is 5.78 Å². The molecule has 1 aliphatic heterocycles. The standard InChI is InChI=1S/C26H35NO2/c1-4-10-25(28)23-12-9-11-22(18-23)24-17-20(3)26(19-21(24)5-2)29-16-15-27-13-7-6-8-14-27/h9,11-12,17-19H,4-8,10,13-16H2,1-3H3. The van der Waals surface area contributed by atoms with E-state index in [0.29, 0.717) is 6.42 Å². The number of hydrogen-bond acceptors (Lipinski definition) is 3. The van der Waals surface area contributed by atoms with E-state index in [2.05, 4.69) is 36.9 Å². The third kappa shape index (κ3) is 5.70. The molecule has 29 heavy (non-hydrogen) atoms. The van der Waals surface area contributed by atoms with Crippen LogP contribution in [0.15, 0.2) is 36.4 Å². The summed E-state index contributed by atoms with van der Waals surface area (Å²) in [7, 11) is 0. The summed E-state index contributed by atoms with van der Waals surface area (Å²) in [4.78, 5) is 14.8. The Labute approximate surface area is 176 Å². The topological polar surface area (TPSA) is 29.5 Å². The molecule has 156 valence electrons. The molecule has 2 aromatic rings. The molecule has 1 saturated heterocycles. The minimum Gasteiger partial charge on any atom is -0.492 e. The summed E-state index contributed by atoms with van der Waals surface area (Å²) >= 11 is 0. The number of carbonyl (C=O) groups is 1. The molecule has 2 aromatic carbocycles. The summed E-state index contributed by atoms with van der Waals surface area (Å²) in [6.07, 6.45) is 6.41. The van der Waals surface area contributed by atoms with Crippen LogP contribution < -0.4 is 4.74 Å². The van der Waals surface area contributed by atoms with Gasteiger partial charge in [-0.2, -0.15) is 0 Å². The van der Waals surface area contributed by atoms with Gasteiger partial charge < -0.3 is 4.74 Å². The second kappa shape index (κ2) is 10.6. The Morgan fingerprint density at radius 1 is 1.07 bits per heavy atom. The number of nitrogens with zero attached hydrogens (tertiary/aromatic N) is 1. The van der Waals surface area contributed by atoms with Crippen LogP contribution in [0.1, 0.15) is 67.4 Å². The zero-order valence-corrected chi connectivity index (χ0v) is 18.3. The van der Waals surface area contributed by atoms with Gasteiger partial charge in [-0.3, -0.25) is 9.69 Å². The zero-order valence-electron chi connectivity index (χ0n) is 18.3. The average molecular weight is 394 g/mol. The first-order chi connectivity index (χ1) is 14.1. The fraction of sp³-hybridized carbons (Fsp3) is 0.500. The van der Waals surface area contributed by atoms with Crippen LogP contribution in [0.25, 0.3) is 11.1 Å². The molecule has 1 aliphatic rings. The summed E-state index contributed by atoms with van der Waals surface area (Å²) in [6, 6.07) is 12.5. The Morgan fingerprint density at radius 3 is 2.59 bits per heavy atom. The van der Waals surface area contributed by atoms with Gasteiger partial charge in [-0.15, -0.1) is 0 Å². The largest absolute Gasteiger partial charge is 0.492 e. The van der Waals surface area contributed by atoms with Crippen molar-refractivity contribution in [3.8, 4) is 16.9 Å². The molecule has 3 nitrogen and oxygen atoms in total. The van der Waals surface area contributed by atoms with Gasteiger partial charge in [-0.1, -0.05) is 38.5 Å². The van der Waals surface area contributed by atoms with Crippen LogP contribution in [0.4, 0.5) is 0 Å². The number of hydrogen-bond donors (Lipinski definition) is 0. The van der Waals surface area contributed by atoms with Crippen molar-refractivity contribution in [2.45, 2.75) is 59.3 Å². The minimum absolute atomic E-state index is 0.224. The lowest BCUT2D eigenvalue weighted by Gasteiger charge is -2.26. The van der Waals surface area contributed by atoms with Crippen LogP contribution in [0, 0.1) is 6.92 Å². The highest BCUT2D eigenvalue weighted by Crippen LogP contribution is 2.32. The van der Waals surface area contributed by atoms with Gasteiger partial charge in [0.25, 0.3) is 0 Å². The van der Waals surface area contributed by atoms with Gasteiger partial charge in [-0.05, 0) is 86.1 Å². The van der Waals surface area contributed by atoms with E-state index in [0.717, 1.165) is 48.4 Å². The number of likely N-dealkylation sites (tertiary alicyclic amines) is 1. The number of ketones is 1. The van der Waals surface area contributed by atoms with Gasteiger partial charge in [0, 0.05) is 18.5 Å². The number of ether oxygens (including phenoxy) is 1. The molecule has 0 amide bonds. The maximum absolute atomic E-state index is 12.3. The molecule has 0 unspecified atom stereocenters. The van der Waals surface area contributed by atoms with E-state index in [1.54, 1.807) is 0 Å². The molecule has 0 aromatic heterocycles. The highest BCUT2D eigenvalue weighted by Gasteiger charge is 2.13. The van der Waals surface area contributed by atoms with Crippen molar-refractivity contribution in [2.24, 2.45) is 0 Å². The smallest absolute Gasteiger partial charge is 0.162 e. The molecule has 0 saturated carbocycles. The maximum Gasteiger partial charge on any atom is 0.162 e. The summed E-state index contributed by atoms with van der Waals surface area (Å²) < 4.78 is 6.17. The van der Waals surface area contributed by atoms with E-state index < -0.39 is 0 Å². The third-order valence-electron chi connectivity index (χ3n) is 5.87. The van der Waals surface area contributed by atoms with Crippen LogP contribution in [0.5, 0.6) is 5.75 Å². The molecular formula is C26H35NO2. The van der Waals surface area contributed by atoms with Crippen LogP contribution in [0.2, 0.25) is 0 Å². The fourth-order valence-corrected chi connectivity index (χ4v) is 4.15. The Balaban J connectivity index is 1.76. The lowest BCUT2D eigenvalue weighted by Crippen LogP contribution is -2.33. The van der Waals surface area contributed by atoms with Gasteiger partial charge in [0.2, 0.25) is 0 Å². The van der Waals surface area contributed by atoms with Gasteiger partial charge in [-0.25, -0.2) is 0 Å². The predicted octanol–water partition coefficient (Wildman–Crippen LogP) is 6.07. The normalized spacial score (nSPS) is 14.7. The van der Waals surface area contributed by atoms with Gasteiger partial charge in [0.15, 0.2) is 5.78 Å². The lowest BCUT2D eigenvalue weighted by atomic mass is 9.93. The summed E-state index contributed by atoms with van der Waals surface area (Å²) in [5, 5.41) is 0. The molecule has 0 N–H and O–H groups in total. The van der Waals surface area contributed by atoms with E-state index in [4.69, 9.17) is 4.74 Å². The SMILES string of the molecule is CCCC(=O)c1cccc(-c2cc(C)c(OCCN3CCCCC3)cc2CC)c1. The number of carbonyl (C=O) groups excluding carboxylic acids is 1. The quantitative estimate of drug-likeness (QED) is 0.484. The molecule has 1 heterocycles. The number of piperidine rings is 1. The molecular weight excluding hydrogens is 358 g/mol. The molecule has 0 radical (unpaired) electrons. The molecule has 1 fully saturated rings. The number of aryl methyl sites for hydroxylation is 2. The predicted molar refractivity (Wildman–Crippen MR) is 121 cm³/mol. The van der Waals surface area contributed by atoms with E-state index in [9.17, 15) is 4.79 Å². The third-order valence-corrected chi connectivity index (χ3v) is 5.87. The molecule has 0 bridgehead atoms. The Bertz CT molecular complexity index is 821. The average Bonchev–Trinajstić information content (AvgIpc) is 2.75. The van der Waals surface area contributed by atoms with Crippen molar-refractivity contribution in [1.82, 2.24) is 4.90 Å². The summed E-state index contributed by atoms with van der Waals surface area (Å²) in [5.41, 5.74) is 5.56. The second-order valence-electron chi connectivity index (χ2n) is 8.13. The van der Waals surface area contributed by atoms with Crippen molar-refractivity contribution in [3.05, 3.63) is 53.1 Å². The lowest BCUT2D eigenvalue weighted by molar-refractivity contribution is 0.0982. The zero-order chi connectivity index (χ0) is 20.6. The molecule has 0 spiro atoms. The molecule has 0 aliphatic carbocycles. The maximum atomic E-state index is 12.3. The van der Waals surface area contributed by atoms with Crippen molar-refractivity contribution < 1.29 is 9.53 Å². The summed E-state index contributed by atoms with van der Waals surface area (Å²) in [5.74, 6) is 1.21. The Kier molecular flexibility index (Phi) is 7.88. The van der Waals surface area contributed by atoms with Gasteiger partial charge >= 0.3 is 0 Å². The molecule has 3 rings (SSSR count). The molecule has 0 atom stereocenters. The second-order valence-corrected chi connectivity index (χ2v) is 8.13. The minimum atomic E-state index is 0.224. The van der Waals surface area contributed by atoms with E-state index >= 15 is 0 Å². The first-order valence-electron chi connectivity index (χ1n) is 11.2. The highest BCUT2D eigenvalue weighted by atomic mass is 16.5. The first kappa shape index (κ1) is 21.6. The van der Waals surface area contributed by atoms with Crippen LogP contribution in [-0.4, -0.2) is 36.9 Å². The monoisotopic (exact) mass is 393 g/mol. The Morgan fingerprint density at radius 2 is 1.86 bits per heavy atom. The van der Waals surface area contributed by atoms with Crippen LogP contribution >= 0.6 is 0 Å². The van der Waals surface area contributed by atoms with Crippen molar-refractivity contribution in [1.29, 1.82) is 0 Å². The van der Waals surface area contributed by atoms with Crippen LogP contribution in [0.3, 0.4) is 0 Å². The van der Waals surface area contributed by atoms with Crippen molar-refractivity contribution >= 4 is 5.78 Å². The molecule has 3 heteroatoms. The number of rotatable bonds is 9. The van der Waals surface area contributed by atoms with Gasteiger partial charge in [0.05, 0.1) is 0 Å². The fourth-order valence-electron chi connectivity index (χ4n) is 4.15. The highest BCUT2D eigenvalue weighted by molar-refractivity contribution is 5.97. The van der Waals surface area contributed by atoms with Crippen LogP contribution in [-0.2, 0) is 6.42 Å². The van der Waals surface area contributed by atoms with E-state index in [1.165, 1.54) is 43.5 Å². The Hall–Kier alpha value is -2.13. The summed E-state index contributed by atoms with van der Waals surface area (Å²) in [6.45, 7) is 10.5.